The predicted octanol–water partition coefficient (Wildman–Crippen LogP) is 5.61. The Kier molecular flexibility index (Phi) is 8.59. The molecule has 0 atom stereocenters. The van der Waals surface area contributed by atoms with E-state index in [-0.39, 0.29) is 40.7 Å². The lowest BCUT2D eigenvalue weighted by atomic mass is 10.1. The molecule has 35 heavy (non-hydrogen) atoms. The van der Waals surface area contributed by atoms with Gasteiger partial charge in [-0.25, -0.2) is 9.67 Å². The molecule has 0 unspecified atom stereocenters. The molecule has 1 fully saturated rings. The SMILES string of the molecule is CCCCNC(=O)c1cc(Cl)cc(Br)c1NC(=O)c1cc(OC2CSC2)nn1-c1ncccc1Cl. The maximum absolute atomic E-state index is 13.5. The Morgan fingerprint density at radius 3 is 2.74 bits per heavy atom. The number of rotatable bonds is 9. The number of nitrogens with one attached hydrogen (secondary N) is 2. The number of aromatic nitrogens is 3. The first-order valence-electron chi connectivity index (χ1n) is 10.9. The number of nitrogens with zero attached hydrogens (tertiary/aromatic N) is 3. The molecule has 184 valence electrons. The fourth-order valence-corrected chi connectivity index (χ4v) is 4.93. The number of halogens is 3. The van der Waals surface area contributed by atoms with E-state index >= 15 is 0 Å². The van der Waals surface area contributed by atoms with Gasteiger partial charge in [0.1, 0.15) is 11.8 Å². The van der Waals surface area contributed by atoms with Crippen molar-refractivity contribution >= 4 is 68.4 Å². The normalized spacial score (nSPS) is 13.3. The quantitative estimate of drug-likeness (QED) is 0.311. The van der Waals surface area contributed by atoms with Crippen molar-refractivity contribution in [3.05, 3.63) is 62.3 Å². The standard InChI is InChI=1S/C23H22BrCl2N5O3S/c1-2-3-6-28-22(32)15-8-13(25)9-16(24)20(15)29-23(33)18-10-19(34-14-11-35-12-14)30-31(18)21-17(26)5-4-7-27-21/h4-5,7-10,14H,2-3,6,11-12H2,1H3,(H,28,32)(H,29,33). The first-order chi connectivity index (χ1) is 16.9. The molecule has 0 saturated carbocycles. The van der Waals surface area contributed by atoms with E-state index < -0.39 is 5.91 Å². The Hall–Kier alpha value is -2.27. The largest absolute Gasteiger partial charge is 0.472 e. The van der Waals surface area contributed by atoms with Gasteiger partial charge < -0.3 is 15.4 Å². The van der Waals surface area contributed by atoms with Crippen LogP contribution in [0.3, 0.4) is 0 Å². The number of amides is 2. The number of carbonyl (C=O) groups is 2. The maximum Gasteiger partial charge on any atom is 0.274 e. The molecule has 3 heterocycles. The Balaban J connectivity index is 1.68. The van der Waals surface area contributed by atoms with Crippen LogP contribution in [0, 0.1) is 0 Å². The van der Waals surface area contributed by atoms with Crippen molar-refractivity contribution < 1.29 is 14.3 Å². The molecular weight excluding hydrogens is 577 g/mol. The van der Waals surface area contributed by atoms with Gasteiger partial charge in [-0.05, 0) is 46.6 Å². The minimum atomic E-state index is -0.525. The van der Waals surface area contributed by atoms with Crippen LogP contribution in [0.5, 0.6) is 5.88 Å². The molecule has 2 N–H and O–H groups in total. The van der Waals surface area contributed by atoms with Crippen LogP contribution >= 0.6 is 50.9 Å². The molecule has 3 aromatic rings. The van der Waals surface area contributed by atoms with E-state index in [1.54, 1.807) is 36.2 Å². The Morgan fingerprint density at radius 2 is 2.06 bits per heavy atom. The van der Waals surface area contributed by atoms with E-state index in [0.29, 0.717) is 21.1 Å². The van der Waals surface area contributed by atoms with Gasteiger partial charge in [0.05, 0.1) is 16.3 Å². The van der Waals surface area contributed by atoms with Crippen LogP contribution in [0.4, 0.5) is 5.69 Å². The average Bonchev–Trinajstić information content (AvgIpc) is 3.22. The highest BCUT2D eigenvalue weighted by Gasteiger charge is 2.26. The lowest BCUT2D eigenvalue weighted by Gasteiger charge is -2.24. The first-order valence-corrected chi connectivity index (χ1v) is 13.6. The first kappa shape index (κ1) is 25.8. The zero-order valence-corrected chi connectivity index (χ0v) is 22.6. The minimum Gasteiger partial charge on any atom is -0.472 e. The smallest absolute Gasteiger partial charge is 0.274 e. The summed E-state index contributed by atoms with van der Waals surface area (Å²) in [4.78, 5) is 30.6. The molecule has 0 aliphatic carbocycles. The summed E-state index contributed by atoms with van der Waals surface area (Å²) < 4.78 is 7.69. The second kappa shape index (κ2) is 11.6. The lowest BCUT2D eigenvalue weighted by molar-refractivity contribution is 0.0954. The summed E-state index contributed by atoms with van der Waals surface area (Å²) in [5.74, 6) is 1.41. The van der Waals surface area contributed by atoms with Gasteiger partial charge in [-0.2, -0.15) is 11.8 Å². The van der Waals surface area contributed by atoms with Crippen LogP contribution in [0.15, 0.2) is 41.0 Å². The van der Waals surface area contributed by atoms with Gasteiger partial charge in [0.15, 0.2) is 5.82 Å². The Labute approximate surface area is 225 Å². The molecule has 1 saturated heterocycles. The summed E-state index contributed by atoms with van der Waals surface area (Å²) >= 11 is 17.7. The van der Waals surface area contributed by atoms with Crippen molar-refractivity contribution in [2.45, 2.75) is 25.9 Å². The topological polar surface area (TPSA) is 98.1 Å². The van der Waals surface area contributed by atoms with Gasteiger partial charge >= 0.3 is 0 Å². The minimum absolute atomic E-state index is 0.0299. The fraction of sp³-hybridized carbons (Fsp3) is 0.304. The number of hydrogen-bond donors (Lipinski definition) is 2. The third-order valence-corrected chi connectivity index (χ3v) is 7.46. The van der Waals surface area contributed by atoms with Crippen molar-refractivity contribution in [2.24, 2.45) is 0 Å². The van der Waals surface area contributed by atoms with Gasteiger partial charge in [-0.3, -0.25) is 9.59 Å². The number of unbranched alkanes of at least 4 members (excludes halogenated alkanes) is 1. The van der Waals surface area contributed by atoms with Crippen molar-refractivity contribution in [3.63, 3.8) is 0 Å². The van der Waals surface area contributed by atoms with E-state index in [4.69, 9.17) is 27.9 Å². The van der Waals surface area contributed by atoms with Crippen LogP contribution in [0.2, 0.25) is 10.0 Å². The van der Waals surface area contributed by atoms with E-state index in [9.17, 15) is 9.59 Å². The molecule has 2 amide bonds. The molecular formula is C23H22BrCl2N5O3S. The summed E-state index contributed by atoms with van der Waals surface area (Å²) in [7, 11) is 0. The van der Waals surface area contributed by atoms with Crippen molar-refractivity contribution in [3.8, 4) is 11.7 Å². The zero-order chi connectivity index (χ0) is 24.9. The van der Waals surface area contributed by atoms with E-state index in [1.165, 1.54) is 16.8 Å². The highest BCUT2D eigenvalue weighted by Crippen LogP contribution is 2.32. The monoisotopic (exact) mass is 597 g/mol. The highest BCUT2D eigenvalue weighted by atomic mass is 79.9. The third-order valence-electron chi connectivity index (χ3n) is 5.11. The summed E-state index contributed by atoms with van der Waals surface area (Å²) in [6.45, 7) is 2.55. The summed E-state index contributed by atoms with van der Waals surface area (Å²) in [6, 6.07) is 8.00. The number of ether oxygens (including phenoxy) is 1. The number of carbonyl (C=O) groups excluding carboxylic acids is 2. The molecule has 1 aliphatic heterocycles. The molecule has 12 heteroatoms. The molecule has 4 rings (SSSR count). The molecule has 1 aliphatic rings. The third kappa shape index (κ3) is 6.11. The second-order valence-corrected chi connectivity index (χ2v) is 10.5. The van der Waals surface area contributed by atoms with Crippen LogP contribution in [-0.4, -0.2) is 50.7 Å². The summed E-state index contributed by atoms with van der Waals surface area (Å²) in [6.07, 6.45) is 3.36. The van der Waals surface area contributed by atoms with Gasteiger partial charge in [-0.15, -0.1) is 5.10 Å². The molecule has 1 aromatic carbocycles. The van der Waals surface area contributed by atoms with Crippen LogP contribution < -0.4 is 15.4 Å². The second-order valence-electron chi connectivity index (χ2n) is 7.74. The average molecular weight is 599 g/mol. The molecule has 8 nitrogen and oxygen atoms in total. The van der Waals surface area contributed by atoms with Crippen molar-refractivity contribution in [1.29, 1.82) is 0 Å². The van der Waals surface area contributed by atoms with E-state index in [2.05, 4.69) is 36.6 Å². The van der Waals surface area contributed by atoms with Gasteiger partial charge in [0.2, 0.25) is 5.88 Å². The molecule has 0 bridgehead atoms. The predicted molar refractivity (Wildman–Crippen MR) is 142 cm³/mol. The highest BCUT2D eigenvalue weighted by molar-refractivity contribution is 9.10. The van der Waals surface area contributed by atoms with Crippen molar-refractivity contribution in [2.75, 3.05) is 23.4 Å². The molecule has 0 spiro atoms. The molecule has 2 aromatic heterocycles. The van der Waals surface area contributed by atoms with Crippen molar-refractivity contribution in [1.82, 2.24) is 20.1 Å². The maximum atomic E-state index is 13.5. The zero-order valence-electron chi connectivity index (χ0n) is 18.7. The van der Waals surface area contributed by atoms with Gasteiger partial charge in [-0.1, -0.05) is 36.5 Å². The van der Waals surface area contributed by atoms with Crippen LogP contribution in [0.25, 0.3) is 5.82 Å². The van der Waals surface area contributed by atoms with E-state index in [1.807, 2.05) is 6.92 Å². The number of benzene rings is 1. The number of pyridine rings is 1. The van der Waals surface area contributed by atoms with Crippen LogP contribution in [-0.2, 0) is 0 Å². The number of thioether (sulfide) groups is 1. The number of hydrogen-bond acceptors (Lipinski definition) is 6. The Bertz CT molecular complexity index is 1250. The van der Waals surface area contributed by atoms with E-state index in [0.717, 1.165) is 24.3 Å². The Morgan fingerprint density at radius 1 is 1.26 bits per heavy atom. The van der Waals surface area contributed by atoms with Gasteiger partial charge in [0.25, 0.3) is 11.8 Å². The van der Waals surface area contributed by atoms with Gasteiger partial charge in [0, 0.05) is 39.8 Å². The molecule has 0 radical (unpaired) electrons. The summed E-state index contributed by atoms with van der Waals surface area (Å²) in [5.41, 5.74) is 0.664. The van der Waals surface area contributed by atoms with Crippen LogP contribution in [0.1, 0.15) is 40.6 Å². The fourth-order valence-electron chi connectivity index (χ4n) is 3.26. The number of anilines is 1. The summed E-state index contributed by atoms with van der Waals surface area (Å²) in [5, 5.41) is 10.8. The lowest BCUT2D eigenvalue weighted by Crippen LogP contribution is -2.31.